The highest BCUT2D eigenvalue weighted by molar-refractivity contribution is 5.81. The fourth-order valence-electron chi connectivity index (χ4n) is 1.52. The molecule has 0 fully saturated rings. The Balaban J connectivity index is 2.05. The van der Waals surface area contributed by atoms with Crippen molar-refractivity contribution in [2.45, 2.75) is 6.92 Å². The van der Waals surface area contributed by atoms with Gasteiger partial charge in [0.1, 0.15) is 11.6 Å². The topological polar surface area (TPSA) is 46.5 Å². The molecule has 0 saturated carbocycles. The molecule has 0 amide bonds. The highest BCUT2D eigenvalue weighted by Crippen LogP contribution is 2.17. The molecule has 0 atom stereocenters. The molecule has 2 rings (SSSR count). The molecule has 1 aromatic heterocycles. The van der Waals surface area contributed by atoms with E-state index in [0.29, 0.717) is 5.82 Å². The summed E-state index contributed by atoms with van der Waals surface area (Å²) < 4.78 is 5.26. The van der Waals surface area contributed by atoms with E-state index in [1.54, 1.807) is 19.5 Å². The molecule has 2 aromatic rings. The van der Waals surface area contributed by atoms with Crippen LogP contribution in [0.4, 0.5) is 5.82 Å². The maximum Gasteiger partial charge on any atom is 0.146 e. The highest BCUT2D eigenvalue weighted by Gasteiger charge is 1.98. The van der Waals surface area contributed by atoms with Gasteiger partial charge in [0, 0.05) is 6.20 Å². The number of benzene rings is 1. The number of aryl methyl sites for hydroxylation is 1. The van der Waals surface area contributed by atoms with Gasteiger partial charge in [-0.2, -0.15) is 5.10 Å². The molecule has 4 nitrogen and oxygen atoms in total. The van der Waals surface area contributed by atoms with Gasteiger partial charge < -0.3 is 4.74 Å². The van der Waals surface area contributed by atoms with E-state index >= 15 is 0 Å². The first kappa shape index (κ1) is 12.1. The number of hydrogen-bond donors (Lipinski definition) is 1. The Morgan fingerprint density at radius 1 is 1.28 bits per heavy atom. The Labute approximate surface area is 106 Å². The molecule has 0 unspecified atom stereocenters. The van der Waals surface area contributed by atoms with Crippen molar-refractivity contribution in [2.75, 3.05) is 12.5 Å². The molecule has 1 N–H and O–H groups in total. The van der Waals surface area contributed by atoms with Crippen molar-refractivity contribution in [2.24, 2.45) is 5.10 Å². The predicted molar refractivity (Wildman–Crippen MR) is 73.2 cm³/mol. The summed E-state index contributed by atoms with van der Waals surface area (Å²) in [5.41, 5.74) is 4.94. The van der Waals surface area contributed by atoms with E-state index in [0.717, 1.165) is 16.9 Å². The van der Waals surface area contributed by atoms with Crippen molar-refractivity contribution in [3.63, 3.8) is 0 Å². The van der Waals surface area contributed by atoms with Crippen molar-refractivity contribution in [1.82, 2.24) is 4.98 Å². The summed E-state index contributed by atoms with van der Waals surface area (Å²) in [4.78, 5) is 4.11. The van der Waals surface area contributed by atoms with Gasteiger partial charge in [-0.3, -0.25) is 5.43 Å². The van der Waals surface area contributed by atoms with Crippen LogP contribution >= 0.6 is 0 Å². The smallest absolute Gasteiger partial charge is 0.146 e. The van der Waals surface area contributed by atoms with Gasteiger partial charge in [0.25, 0.3) is 0 Å². The van der Waals surface area contributed by atoms with Gasteiger partial charge in [-0.1, -0.05) is 18.2 Å². The largest absolute Gasteiger partial charge is 0.496 e. The van der Waals surface area contributed by atoms with Crippen LogP contribution in [0.2, 0.25) is 0 Å². The van der Waals surface area contributed by atoms with E-state index in [9.17, 15) is 0 Å². The normalized spacial score (nSPS) is 10.6. The average Bonchev–Trinajstić information content (AvgIpc) is 2.42. The van der Waals surface area contributed by atoms with Crippen molar-refractivity contribution in [3.05, 3.63) is 53.7 Å². The summed E-state index contributed by atoms with van der Waals surface area (Å²) >= 11 is 0. The molecule has 92 valence electrons. The van der Waals surface area contributed by atoms with E-state index in [-0.39, 0.29) is 0 Å². The van der Waals surface area contributed by atoms with Gasteiger partial charge in [0.05, 0.1) is 13.3 Å². The molecule has 0 spiro atoms. The molecule has 1 aromatic carbocycles. The first-order valence-corrected chi connectivity index (χ1v) is 5.64. The monoisotopic (exact) mass is 241 g/mol. The van der Waals surface area contributed by atoms with Crippen molar-refractivity contribution < 1.29 is 4.74 Å². The third-order valence-electron chi connectivity index (χ3n) is 2.49. The third-order valence-corrected chi connectivity index (χ3v) is 2.49. The predicted octanol–water partition coefficient (Wildman–Crippen LogP) is 2.84. The van der Waals surface area contributed by atoms with E-state index in [2.05, 4.69) is 15.5 Å². The Morgan fingerprint density at radius 3 is 2.89 bits per heavy atom. The zero-order valence-corrected chi connectivity index (χ0v) is 10.4. The van der Waals surface area contributed by atoms with Gasteiger partial charge in [-0.05, 0) is 36.2 Å². The maximum absolute atomic E-state index is 5.26. The lowest BCUT2D eigenvalue weighted by Crippen LogP contribution is -1.94. The number of aromatic nitrogens is 1. The molecule has 0 saturated heterocycles. The lowest BCUT2D eigenvalue weighted by atomic mass is 10.1. The summed E-state index contributed by atoms with van der Waals surface area (Å²) in [5, 5.41) is 4.12. The van der Waals surface area contributed by atoms with Crippen LogP contribution in [-0.2, 0) is 0 Å². The maximum atomic E-state index is 5.26. The number of nitrogens with one attached hydrogen (secondary N) is 1. The van der Waals surface area contributed by atoms with Crippen molar-refractivity contribution >= 4 is 12.0 Å². The zero-order valence-electron chi connectivity index (χ0n) is 10.4. The second-order valence-electron chi connectivity index (χ2n) is 3.81. The molecule has 4 heteroatoms. The standard InChI is InChI=1S/C14H15N3O/c1-11-6-7-12(9-13(11)18-2)10-16-17-14-5-3-4-8-15-14/h3-10H,1-2H3,(H,15,17)/b16-10+. The van der Waals surface area contributed by atoms with Gasteiger partial charge in [0.2, 0.25) is 0 Å². The van der Waals surface area contributed by atoms with E-state index in [4.69, 9.17) is 4.74 Å². The van der Waals surface area contributed by atoms with Crippen LogP contribution in [0, 0.1) is 6.92 Å². The zero-order chi connectivity index (χ0) is 12.8. The number of methoxy groups -OCH3 is 1. The van der Waals surface area contributed by atoms with Gasteiger partial charge in [-0.15, -0.1) is 0 Å². The fraction of sp³-hybridized carbons (Fsp3) is 0.143. The fourth-order valence-corrected chi connectivity index (χ4v) is 1.52. The first-order chi connectivity index (χ1) is 8.79. The van der Waals surface area contributed by atoms with E-state index in [1.807, 2.05) is 43.3 Å². The second kappa shape index (κ2) is 5.82. The first-order valence-electron chi connectivity index (χ1n) is 5.64. The Kier molecular flexibility index (Phi) is 3.91. The van der Waals surface area contributed by atoms with Crippen LogP contribution in [-0.4, -0.2) is 18.3 Å². The van der Waals surface area contributed by atoms with E-state index in [1.165, 1.54) is 0 Å². The summed E-state index contributed by atoms with van der Waals surface area (Å²) in [6, 6.07) is 11.5. The highest BCUT2D eigenvalue weighted by atomic mass is 16.5. The Morgan fingerprint density at radius 2 is 2.17 bits per heavy atom. The number of hydrogen-bond acceptors (Lipinski definition) is 4. The SMILES string of the molecule is COc1cc(/C=N/Nc2ccccn2)ccc1C. The average molecular weight is 241 g/mol. The molecule has 0 bridgehead atoms. The molecule has 0 aliphatic heterocycles. The molecular formula is C14H15N3O. The number of nitrogens with zero attached hydrogens (tertiary/aromatic N) is 2. The molecule has 0 aliphatic rings. The van der Waals surface area contributed by atoms with Gasteiger partial charge in [-0.25, -0.2) is 4.98 Å². The minimum absolute atomic E-state index is 0.716. The van der Waals surface area contributed by atoms with E-state index < -0.39 is 0 Å². The summed E-state index contributed by atoms with van der Waals surface area (Å²) in [5.74, 6) is 1.57. The van der Waals surface area contributed by atoms with Crippen LogP contribution in [0.25, 0.3) is 0 Å². The Hall–Kier alpha value is -2.36. The molecular weight excluding hydrogens is 226 g/mol. The van der Waals surface area contributed by atoms with Crippen LogP contribution in [0.3, 0.4) is 0 Å². The number of anilines is 1. The molecule has 1 heterocycles. The number of ether oxygens (including phenoxy) is 1. The molecule has 18 heavy (non-hydrogen) atoms. The lowest BCUT2D eigenvalue weighted by Gasteiger charge is -2.04. The summed E-state index contributed by atoms with van der Waals surface area (Å²) in [6.45, 7) is 2.01. The minimum Gasteiger partial charge on any atom is -0.496 e. The summed E-state index contributed by atoms with van der Waals surface area (Å²) in [6.07, 6.45) is 3.45. The van der Waals surface area contributed by atoms with Crippen LogP contribution in [0.15, 0.2) is 47.7 Å². The third kappa shape index (κ3) is 3.07. The van der Waals surface area contributed by atoms with Crippen molar-refractivity contribution in [1.29, 1.82) is 0 Å². The quantitative estimate of drug-likeness (QED) is 0.661. The number of rotatable bonds is 4. The number of hydrazone groups is 1. The van der Waals surface area contributed by atoms with Crippen LogP contribution in [0.1, 0.15) is 11.1 Å². The number of pyridine rings is 1. The Bertz CT molecular complexity index is 538. The van der Waals surface area contributed by atoms with Gasteiger partial charge >= 0.3 is 0 Å². The second-order valence-corrected chi connectivity index (χ2v) is 3.81. The van der Waals surface area contributed by atoms with Crippen LogP contribution < -0.4 is 10.2 Å². The minimum atomic E-state index is 0.716. The summed E-state index contributed by atoms with van der Waals surface area (Å²) in [7, 11) is 1.66. The van der Waals surface area contributed by atoms with Crippen LogP contribution in [0.5, 0.6) is 5.75 Å². The molecule has 0 aliphatic carbocycles. The van der Waals surface area contributed by atoms with Crippen molar-refractivity contribution in [3.8, 4) is 5.75 Å². The lowest BCUT2D eigenvalue weighted by molar-refractivity contribution is 0.411. The molecule has 0 radical (unpaired) electrons. The van der Waals surface area contributed by atoms with Gasteiger partial charge in [0.15, 0.2) is 0 Å².